The smallest absolute Gasteiger partial charge is 0.344 e. The van der Waals surface area contributed by atoms with E-state index in [1.54, 1.807) is 49.4 Å². The largest absolute Gasteiger partial charge is 0.493 e. The molecule has 1 heterocycles. The number of hydrogen-bond donors (Lipinski definition) is 0. The average Bonchev–Trinajstić information content (AvgIpc) is 3.00. The zero-order valence-corrected chi connectivity index (χ0v) is 18.6. The number of halogens is 1. The molecule has 2 aromatic rings. The van der Waals surface area contributed by atoms with Gasteiger partial charge in [-0.25, -0.2) is 9.69 Å². The maximum absolute atomic E-state index is 12.8. The van der Waals surface area contributed by atoms with Crippen molar-refractivity contribution in [3.8, 4) is 11.5 Å². The minimum atomic E-state index is -0.495. The monoisotopic (exact) mass is 491 g/mol. The minimum Gasteiger partial charge on any atom is -0.493 e. The fraction of sp³-hybridized carbons (Fsp3) is 0.190. The summed E-state index contributed by atoms with van der Waals surface area (Å²) in [6.07, 6.45) is 1.61. The van der Waals surface area contributed by atoms with Crippen molar-refractivity contribution < 1.29 is 28.6 Å². The molecule has 0 spiro atoms. The molecule has 0 N–H and O–H groups in total. The number of rotatable bonds is 7. The van der Waals surface area contributed by atoms with Crippen LogP contribution in [0.25, 0.3) is 6.08 Å². The van der Waals surface area contributed by atoms with Crippen LogP contribution in [0.15, 0.2) is 51.8 Å². The number of thioether (sulfide) groups is 1. The summed E-state index contributed by atoms with van der Waals surface area (Å²) in [6.45, 7) is 1.71. The fourth-order valence-electron chi connectivity index (χ4n) is 2.72. The van der Waals surface area contributed by atoms with Crippen LogP contribution in [0.2, 0.25) is 0 Å². The minimum absolute atomic E-state index is 0.261. The lowest BCUT2D eigenvalue weighted by atomic mass is 10.1. The highest BCUT2D eigenvalue weighted by Crippen LogP contribution is 2.40. The summed E-state index contributed by atoms with van der Waals surface area (Å²) < 4.78 is 16.2. The first-order valence-corrected chi connectivity index (χ1v) is 10.5. The Labute approximate surface area is 186 Å². The van der Waals surface area contributed by atoms with E-state index in [9.17, 15) is 14.4 Å². The van der Waals surface area contributed by atoms with Gasteiger partial charge in [-0.1, -0.05) is 18.2 Å². The maximum Gasteiger partial charge on any atom is 0.344 e. The maximum atomic E-state index is 12.8. The molecule has 9 heteroatoms. The molecule has 0 aromatic heterocycles. The number of esters is 1. The first kappa shape index (κ1) is 21.9. The standard InChI is InChI=1S/C21H18BrNO6S/c1-3-28-18(24)12-29-19-15(22)9-13(10-16(19)27-2)11-17-20(25)23(21(26)30-17)14-7-5-4-6-8-14/h4-11H,3,12H2,1-2H3/b17-11-. The molecular weight excluding hydrogens is 474 g/mol. The van der Waals surface area contributed by atoms with Gasteiger partial charge >= 0.3 is 5.97 Å². The summed E-state index contributed by atoms with van der Waals surface area (Å²) in [5.41, 5.74) is 1.14. The zero-order valence-electron chi connectivity index (χ0n) is 16.2. The van der Waals surface area contributed by atoms with Gasteiger partial charge in [0, 0.05) is 0 Å². The number of imide groups is 1. The van der Waals surface area contributed by atoms with Gasteiger partial charge in [0.25, 0.3) is 11.1 Å². The number of anilines is 1. The van der Waals surface area contributed by atoms with Gasteiger partial charge in [-0.05, 0) is 70.5 Å². The normalized spacial score (nSPS) is 14.9. The highest BCUT2D eigenvalue weighted by Gasteiger charge is 2.36. The van der Waals surface area contributed by atoms with E-state index in [4.69, 9.17) is 14.2 Å². The van der Waals surface area contributed by atoms with Crippen molar-refractivity contribution in [2.45, 2.75) is 6.92 Å². The average molecular weight is 492 g/mol. The van der Waals surface area contributed by atoms with E-state index in [2.05, 4.69) is 15.9 Å². The fourth-order valence-corrected chi connectivity index (χ4v) is 4.13. The lowest BCUT2D eigenvalue weighted by Gasteiger charge is -2.13. The highest BCUT2D eigenvalue weighted by atomic mass is 79.9. The summed E-state index contributed by atoms with van der Waals surface area (Å²) in [7, 11) is 1.46. The number of nitrogens with zero attached hydrogens (tertiary/aromatic N) is 1. The Bertz CT molecular complexity index is 1010. The van der Waals surface area contributed by atoms with E-state index in [1.165, 1.54) is 7.11 Å². The van der Waals surface area contributed by atoms with Crippen LogP contribution in [0, 0.1) is 0 Å². The van der Waals surface area contributed by atoms with Crippen LogP contribution >= 0.6 is 27.7 Å². The molecule has 2 aromatic carbocycles. The van der Waals surface area contributed by atoms with E-state index >= 15 is 0 Å². The van der Waals surface area contributed by atoms with Gasteiger partial charge in [0.2, 0.25) is 0 Å². The summed E-state index contributed by atoms with van der Waals surface area (Å²) in [5.74, 6) is -0.193. The Morgan fingerprint density at radius 3 is 2.60 bits per heavy atom. The van der Waals surface area contributed by atoms with Gasteiger partial charge in [0.05, 0.1) is 28.8 Å². The summed E-state index contributed by atoms with van der Waals surface area (Å²) in [6, 6.07) is 12.1. The van der Waals surface area contributed by atoms with Crippen molar-refractivity contribution in [2.24, 2.45) is 0 Å². The van der Waals surface area contributed by atoms with Crippen LogP contribution in [-0.4, -0.2) is 37.4 Å². The third kappa shape index (κ3) is 4.85. The first-order chi connectivity index (χ1) is 14.4. The summed E-state index contributed by atoms with van der Waals surface area (Å²) >= 11 is 4.26. The molecule has 3 rings (SSSR count). The predicted octanol–water partition coefficient (Wildman–Crippen LogP) is 4.64. The third-order valence-corrected chi connectivity index (χ3v) is 5.46. The van der Waals surface area contributed by atoms with Crippen molar-refractivity contribution in [1.82, 2.24) is 0 Å². The molecule has 1 aliphatic heterocycles. The van der Waals surface area contributed by atoms with Crippen molar-refractivity contribution in [3.63, 3.8) is 0 Å². The number of para-hydroxylation sites is 1. The summed E-state index contributed by atoms with van der Waals surface area (Å²) in [5, 5.41) is -0.363. The number of benzene rings is 2. The molecule has 1 aliphatic rings. The van der Waals surface area contributed by atoms with E-state index in [0.717, 1.165) is 16.7 Å². The van der Waals surface area contributed by atoms with Gasteiger partial charge in [0.1, 0.15) is 0 Å². The first-order valence-electron chi connectivity index (χ1n) is 8.93. The molecule has 0 radical (unpaired) electrons. The molecule has 0 atom stereocenters. The SMILES string of the molecule is CCOC(=O)COc1c(Br)cc(/C=C2\SC(=O)N(c3ccccc3)C2=O)cc1OC. The van der Waals surface area contributed by atoms with Crippen LogP contribution in [0.1, 0.15) is 12.5 Å². The van der Waals surface area contributed by atoms with E-state index in [-0.39, 0.29) is 23.4 Å². The predicted molar refractivity (Wildman–Crippen MR) is 118 cm³/mol. The van der Waals surface area contributed by atoms with Crippen molar-refractivity contribution >= 4 is 56.6 Å². The van der Waals surface area contributed by atoms with Crippen LogP contribution in [-0.2, 0) is 14.3 Å². The third-order valence-electron chi connectivity index (χ3n) is 4.00. The number of amides is 2. The Balaban J connectivity index is 1.85. The van der Waals surface area contributed by atoms with Gasteiger partial charge in [-0.2, -0.15) is 0 Å². The Morgan fingerprint density at radius 1 is 1.20 bits per heavy atom. The van der Waals surface area contributed by atoms with Gasteiger partial charge < -0.3 is 14.2 Å². The second-order valence-corrected chi connectivity index (χ2v) is 7.83. The molecule has 1 fully saturated rings. The molecule has 7 nitrogen and oxygen atoms in total. The Kier molecular flexibility index (Phi) is 7.17. The highest BCUT2D eigenvalue weighted by molar-refractivity contribution is 9.10. The molecule has 1 saturated heterocycles. The van der Waals surface area contributed by atoms with Crippen LogP contribution < -0.4 is 14.4 Å². The molecule has 0 saturated carbocycles. The van der Waals surface area contributed by atoms with E-state index < -0.39 is 11.9 Å². The number of carbonyl (C=O) groups is 3. The lowest BCUT2D eigenvalue weighted by molar-refractivity contribution is -0.145. The molecule has 2 amide bonds. The quantitative estimate of drug-likeness (QED) is 0.412. The number of hydrogen-bond acceptors (Lipinski definition) is 7. The topological polar surface area (TPSA) is 82.1 Å². The second kappa shape index (κ2) is 9.82. The zero-order chi connectivity index (χ0) is 21.7. The molecule has 0 unspecified atom stereocenters. The molecule has 30 heavy (non-hydrogen) atoms. The van der Waals surface area contributed by atoms with E-state index in [1.807, 2.05) is 6.07 Å². The molecule has 156 valence electrons. The van der Waals surface area contributed by atoms with Crippen molar-refractivity contribution in [3.05, 3.63) is 57.4 Å². The lowest BCUT2D eigenvalue weighted by Crippen LogP contribution is -2.27. The van der Waals surface area contributed by atoms with Gasteiger partial charge in [-0.15, -0.1) is 0 Å². The van der Waals surface area contributed by atoms with Crippen LogP contribution in [0.3, 0.4) is 0 Å². The number of ether oxygens (including phenoxy) is 3. The number of carbonyl (C=O) groups excluding carboxylic acids is 3. The van der Waals surface area contributed by atoms with Gasteiger partial charge in [-0.3, -0.25) is 9.59 Å². The molecular formula is C21H18BrNO6S. The molecule has 0 bridgehead atoms. The van der Waals surface area contributed by atoms with Crippen molar-refractivity contribution in [1.29, 1.82) is 0 Å². The molecule has 0 aliphatic carbocycles. The van der Waals surface area contributed by atoms with Crippen LogP contribution in [0.5, 0.6) is 11.5 Å². The Morgan fingerprint density at radius 2 is 1.93 bits per heavy atom. The van der Waals surface area contributed by atoms with Crippen LogP contribution in [0.4, 0.5) is 10.5 Å². The Hall–Kier alpha value is -2.78. The second-order valence-electron chi connectivity index (χ2n) is 5.98. The van der Waals surface area contributed by atoms with Crippen molar-refractivity contribution in [2.75, 3.05) is 25.2 Å². The van der Waals surface area contributed by atoms with E-state index in [0.29, 0.717) is 27.2 Å². The number of methoxy groups -OCH3 is 1. The summed E-state index contributed by atoms with van der Waals surface area (Å²) in [4.78, 5) is 38.1. The van der Waals surface area contributed by atoms with Gasteiger partial charge in [0.15, 0.2) is 18.1 Å².